The third kappa shape index (κ3) is 2.92. The lowest BCUT2D eigenvalue weighted by Gasteiger charge is -2.32. The number of rotatable bonds is 3. The maximum atomic E-state index is 12.4. The van der Waals surface area contributed by atoms with Crippen LogP contribution in [-0.4, -0.2) is 41.7 Å². The van der Waals surface area contributed by atoms with Crippen molar-refractivity contribution in [3.05, 3.63) is 53.2 Å². The van der Waals surface area contributed by atoms with Crippen molar-refractivity contribution in [1.82, 2.24) is 20.4 Å². The smallest absolute Gasteiger partial charge is 0.272 e. The second-order valence-corrected chi connectivity index (χ2v) is 5.38. The molecule has 6 nitrogen and oxygen atoms in total. The molecule has 0 fully saturated rings. The maximum Gasteiger partial charge on any atom is 0.272 e. The van der Waals surface area contributed by atoms with Gasteiger partial charge in [-0.15, -0.1) is 10.2 Å². The van der Waals surface area contributed by atoms with Gasteiger partial charge in [0.2, 0.25) is 5.88 Å². The maximum absolute atomic E-state index is 12.4. The van der Waals surface area contributed by atoms with Crippen LogP contribution >= 0.6 is 0 Å². The predicted molar refractivity (Wildman–Crippen MR) is 81.6 cm³/mol. The second kappa shape index (κ2) is 6.11. The van der Waals surface area contributed by atoms with Crippen LogP contribution in [0.25, 0.3) is 0 Å². The van der Waals surface area contributed by atoms with Crippen LogP contribution in [0.5, 0.6) is 5.88 Å². The molecule has 3 rings (SSSR count). The van der Waals surface area contributed by atoms with Gasteiger partial charge >= 0.3 is 0 Å². The lowest BCUT2D eigenvalue weighted by atomic mass is 9.95. The zero-order valence-electron chi connectivity index (χ0n) is 12.6. The van der Waals surface area contributed by atoms with Crippen molar-refractivity contribution < 1.29 is 9.53 Å². The van der Waals surface area contributed by atoms with E-state index in [0.717, 1.165) is 18.7 Å². The van der Waals surface area contributed by atoms with Crippen molar-refractivity contribution in [3.8, 4) is 5.88 Å². The van der Waals surface area contributed by atoms with Crippen molar-refractivity contribution in [1.29, 1.82) is 0 Å². The van der Waals surface area contributed by atoms with E-state index in [9.17, 15) is 4.79 Å². The van der Waals surface area contributed by atoms with Gasteiger partial charge in [-0.1, -0.05) is 24.3 Å². The zero-order chi connectivity index (χ0) is 15.5. The fourth-order valence-electron chi connectivity index (χ4n) is 2.69. The monoisotopic (exact) mass is 298 g/mol. The Morgan fingerprint density at radius 2 is 2.09 bits per heavy atom. The number of aromatic nitrogens is 2. The highest BCUT2D eigenvalue weighted by atomic mass is 16.5. The zero-order valence-corrected chi connectivity index (χ0v) is 12.6. The van der Waals surface area contributed by atoms with Gasteiger partial charge < -0.3 is 10.1 Å². The number of amides is 1. The van der Waals surface area contributed by atoms with E-state index in [4.69, 9.17) is 4.74 Å². The summed E-state index contributed by atoms with van der Waals surface area (Å²) in [6.45, 7) is 1.66. The molecule has 114 valence electrons. The van der Waals surface area contributed by atoms with Gasteiger partial charge in [0.15, 0.2) is 5.69 Å². The van der Waals surface area contributed by atoms with Crippen molar-refractivity contribution >= 4 is 5.91 Å². The van der Waals surface area contributed by atoms with Crippen LogP contribution in [0.15, 0.2) is 36.4 Å². The first-order valence-electron chi connectivity index (χ1n) is 7.12. The lowest BCUT2D eigenvalue weighted by molar-refractivity contribution is 0.0915. The van der Waals surface area contributed by atoms with Gasteiger partial charge in [-0.05, 0) is 24.2 Å². The van der Waals surface area contributed by atoms with E-state index >= 15 is 0 Å². The summed E-state index contributed by atoms with van der Waals surface area (Å²) in [5, 5.41) is 10.8. The molecule has 0 aliphatic carbocycles. The van der Waals surface area contributed by atoms with Gasteiger partial charge in [0.05, 0.1) is 13.2 Å². The quantitative estimate of drug-likeness (QED) is 0.928. The van der Waals surface area contributed by atoms with Crippen molar-refractivity contribution in [2.24, 2.45) is 0 Å². The van der Waals surface area contributed by atoms with Crippen molar-refractivity contribution in [2.75, 3.05) is 20.7 Å². The lowest BCUT2D eigenvalue weighted by Crippen LogP contribution is -2.40. The van der Waals surface area contributed by atoms with Crippen LogP contribution in [0.2, 0.25) is 0 Å². The number of carbonyl (C=O) groups excluding carboxylic acids is 1. The first-order valence-corrected chi connectivity index (χ1v) is 7.12. The highest BCUT2D eigenvalue weighted by Crippen LogP contribution is 2.25. The minimum Gasteiger partial charge on any atom is -0.480 e. The van der Waals surface area contributed by atoms with Crippen LogP contribution in [0.3, 0.4) is 0 Å². The first-order chi connectivity index (χ1) is 10.7. The van der Waals surface area contributed by atoms with Crippen LogP contribution in [0.4, 0.5) is 0 Å². The molecule has 0 saturated heterocycles. The largest absolute Gasteiger partial charge is 0.480 e. The summed E-state index contributed by atoms with van der Waals surface area (Å²) in [6, 6.07) is 11.4. The van der Waals surface area contributed by atoms with Gasteiger partial charge in [0.1, 0.15) is 0 Å². The molecule has 2 aromatic rings. The Morgan fingerprint density at radius 3 is 2.82 bits per heavy atom. The van der Waals surface area contributed by atoms with Crippen LogP contribution < -0.4 is 10.1 Å². The van der Waals surface area contributed by atoms with Crippen molar-refractivity contribution in [3.63, 3.8) is 0 Å². The highest BCUT2D eigenvalue weighted by molar-refractivity contribution is 5.92. The van der Waals surface area contributed by atoms with E-state index in [1.54, 1.807) is 12.1 Å². The Bertz CT molecular complexity index is 672. The SMILES string of the molecule is COc1ccc(C(=O)NC2CN(C)Cc3ccccc32)nn1. The minimum absolute atomic E-state index is 0.0497. The molecule has 0 bridgehead atoms. The van der Waals surface area contributed by atoms with Crippen LogP contribution in [0.1, 0.15) is 27.7 Å². The second-order valence-electron chi connectivity index (χ2n) is 5.38. The topological polar surface area (TPSA) is 67.3 Å². The number of benzene rings is 1. The molecule has 0 saturated carbocycles. The molecule has 1 aromatic carbocycles. The standard InChI is InChI=1S/C16H18N4O2/c1-20-9-11-5-3-4-6-12(11)14(10-20)17-16(21)13-7-8-15(22-2)19-18-13/h3-8,14H,9-10H2,1-2H3,(H,17,21). The number of ether oxygens (including phenoxy) is 1. The minimum atomic E-state index is -0.231. The number of nitrogens with one attached hydrogen (secondary N) is 1. The van der Waals surface area contributed by atoms with Gasteiger partial charge in [-0.3, -0.25) is 9.69 Å². The summed E-state index contributed by atoms with van der Waals surface area (Å²) in [5.74, 6) is 0.157. The third-order valence-electron chi connectivity index (χ3n) is 3.75. The number of nitrogens with zero attached hydrogens (tertiary/aromatic N) is 3. The van der Waals surface area contributed by atoms with E-state index < -0.39 is 0 Å². The predicted octanol–water partition coefficient (Wildman–Crippen LogP) is 1.40. The molecular weight excluding hydrogens is 280 g/mol. The summed E-state index contributed by atoms with van der Waals surface area (Å²) >= 11 is 0. The summed E-state index contributed by atoms with van der Waals surface area (Å²) in [5.41, 5.74) is 2.68. The van der Waals surface area contributed by atoms with Gasteiger partial charge in [0.25, 0.3) is 5.91 Å². The van der Waals surface area contributed by atoms with E-state index in [2.05, 4.69) is 32.5 Å². The number of hydrogen-bond acceptors (Lipinski definition) is 5. The Kier molecular flexibility index (Phi) is 4.02. The van der Waals surface area contributed by atoms with E-state index in [-0.39, 0.29) is 17.6 Å². The van der Waals surface area contributed by atoms with Gasteiger partial charge in [-0.25, -0.2) is 0 Å². The molecule has 0 radical (unpaired) electrons. The normalized spacial score (nSPS) is 17.6. The molecular formula is C16H18N4O2. The van der Waals surface area contributed by atoms with Crippen LogP contribution in [0, 0.1) is 0 Å². The average molecular weight is 298 g/mol. The third-order valence-corrected chi connectivity index (χ3v) is 3.75. The fourth-order valence-corrected chi connectivity index (χ4v) is 2.69. The first kappa shape index (κ1) is 14.5. The summed E-state index contributed by atoms with van der Waals surface area (Å²) in [6.07, 6.45) is 0. The molecule has 1 atom stereocenters. The Balaban J connectivity index is 1.78. The molecule has 1 N–H and O–H groups in total. The molecule has 1 amide bonds. The Labute approximate surface area is 129 Å². The van der Waals surface area contributed by atoms with Gasteiger partial charge in [-0.2, -0.15) is 0 Å². The van der Waals surface area contributed by atoms with E-state index in [1.165, 1.54) is 12.7 Å². The molecule has 6 heteroatoms. The Hall–Kier alpha value is -2.47. The van der Waals surface area contributed by atoms with Crippen LogP contribution in [-0.2, 0) is 6.54 Å². The molecule has 2 heterocycles. The van der Waals surface area contributed by atoms with Crippen molar-refractivity contribution in [2.45, 2.75) is 12.6 Å². The molecule has 1 aliphatic rings. The highest BCUT2D eigenvalue weighted by Gasteiger charge is 2.25. The molecule has 0 spiro atoms. The van der Waals surface area contributed by atoms with Gasteiger partial charge in [0, 0.05) is 19.2 Å². The fraction of sp³-hybridized carbons (Fsp3) is 0.312. The molecule has 1 aromatic heterocycles. The number of hydrogen-bond donors (Lipinski definition) is 1. The summed E-state index contributed by atoms with van der Waals surface area (Å²) in [7, 11) is 3.56. The molecule has 1 aliphatic heterocycles. The number of methoxy groups -OCH3 is 1. The van der Waals surface area contributed by atoms with E-state index in [0.29, 0.717) is 5.88 Å². The number of carbonyl (C=O) groups is 1. The summed E-state index contributed by atoms with van der Waals surface area (Å²) in [4.78, 5) is 14.5. The molecule has 22 heavy (non-hydrogen) atoms. The number of fused-ring (bicyclic) bond motifs is 1. The Morgan fingerprint density at radius 1 is 1.27 bits per heavy atom. The number of likely N-dealkylation sites (N-methyl/N-ethyl adjacent to an activating group) is 1. The molecule has 1 unspecified atom stereocenters. The van der Waals surface area contributed by atoms with E-state index in [1.807, 2.05) is 19.2 Å². The average Bonchev–Trinajstić information content (AvgIpc) is 2.54. The summed E-state index contributed by atoms with van der Waals surface area (Å²) < 4.78 is 4.95.